The first-order valence-electron chi connectivity index (χ1n) is 13.1. The Bertz CT molecular complexity index is 1690. The summed E-state index contributed by atoms with van der Waals surface area (Å²) in [6.07, 6.45) is 0. The second-order valence-electron chi connectivity index (χ2n) is 9.13. The van der Waals surface area contributed by atoms with Crippen molar-refractivity contribution in [3.8, 4) is 21.1 Å². The van der Waals surface area contributed by atoms with Gasteiger partial charge in [-0.3, -0.25) is 4.90 Å². The summed E-state index contributed by atoms with van der Waals surface area (Å²) in [4.78, 5) is 22.4. The van der Waals surface area contributed by atoms with Gasteiger partial charge in [-0.25, -0.2) is 19.9 Å². The number of hydrogen-bond acceptors (Lipinski definition) is 9. The van der Waals surface area contributed by atoms with Gasteiger partial charge in [0.05, 0.1) is 13.2 Å². The molecule has 1 N–H and O–H groups in total. The molecule has 0 bridgehead atoms. The standard InChI is InChI=1S/C18H20N4OS.C12H7ClN2S/c1-2-4-14(5-3-1)17-20-15-6-7-16(21-18(15)24-17)19-8-9-22-10-12-23-13-11-22;13-10-7-6-9-12(15-10)16-11(14-9)8-4-2-1-3-5-8/h1-7H,8-13H2,(H,19,21);1-7H. The molecular weight excluding hydrogens is 560 g/mol. The van der Waals surface area contributed by atoms with Crippen LogP contribution in [0.25, 0.3) is 41.8 Å². The van der Waals surface area contributed by atoms with E-state index in [0.29, 0.717) is 5.15 Å². The maximum absolute atomic E-state index is 5.84. The van der Waals surface area contributed by atoms with Gasteiger partial charge in [0.1, 0.15) is 41.7 Å². The first kappa shape index (κ1) is 26.7. The lowest BCUT2D eigenvalue weighted by molar-refractivity contribution is 0.0398. The first-order chi connectivity index (χ1) is 19.7. The predicted molar refractivity (Wildman–Crippen MR) is 166 cm³/mol. The van der Waals surface area contributed by atoms with Crippen LogP contribution in [-0.4, -0.2) is 64.2 Å². The van der Waals surface area contributed by atoms with Gasteiger partial charge < -0.3 is 10.1 Å². The lowest BCUT2D eigenvalue weighted by Gasteiger charge is -2.26. The van der Waals surface area contributed by atoms with Gasteiger partial charge in [-0.2, -0.15) is 0 Å². The highest BCUT2D eigenvalue weighted by Gasteiger charge is 2.11. The third kappa shape index (κ3) is 6.63. The van der Waals surface area contributed by atoms with Crippen molar-refractivity contribution in [2.24, 2.45) is 0 Å². The van der Waals surface area contributed by atoms with Crippen LogP contribution in [0.3, 0.4) is 0 Å². The number of thiazole rings is 2. The zero-order valence-electron chi connectivity index (χ0n) is 21.7. The van der Waals surface area contributed by atoms with Gasteiger partial charge in [-0.15, -0.1) is 0 Å². The van der Waals surface area contributed by atoms with Crippen LogP contribution in [-0.2, 0) is 4.74 Å². The number of benzene rings is 2. The number of anilines is 1. The number of aromatic nitrogens is 4. The predicted octanol–water partition coefficient (Wildman–Crippen LogP) is 7.11. The van der Waals surface area contributed by atoms with E-state index >= 15 is 0 Å². The molecule has 7 nitrogen and oxygen atoms in total. The quantitative estimate of drug-likeness (QED) is 0.208. The minimum Gasteiger partial charge on any atom is -0.379 e. The average molecular weight is 587 g/mol. The molecule has 0 amide bonds. The molecule has 0 saturated carbocycles. The van der Waals surface area contributed by atoms with Crippen molar-refractivity contribution in [1.29, 1.82) is 0 Å². The Labute approximate surface area is 245 Å². The van der Waals surface area contributed by atoms with Crippen LogP contribution in [0.1, 0.15) is 0 Å². The molecule has 1 fully saturated rings. The van der Waals surface area contributed by atoms with E-state index in [0.717, 1.165) is 87.0 Å². The van der Waals surface area contributed by atoms with Gasteiger partial charge in [0.15, 0.2) is 0 Å². The van der Waals surface area contributed by atoms with Gasteiger partial charge in [0.25, 0.3) is 0 Å². The third-order valence-electron chi connectivity index (χ3n) is 6.36. The fourth-order valence-corrected chi connectivity index (χ4v) is 6.37. The van der Waals surface area contributed by atoms with Crippen molar-refractivity contribution in [2.75, 3.05) is 44.7 Å². The highest BCUT2D eigenvalue weighted by molar-refractivity contribution is 7.21. The number of hydrogen-bond donors (Lipinski definition) is 1. The lowest BCUT2D eigenvalue weighted by atomic mass is 10.2. The summed E-state index contributed by atoms with van der Waals surface area (Å²) in [7, 11) is 0. The number of nitrogens with zero attached hydrogens (tertiary/aromatic N) is 5. The van der Waals surface area contributed by atoms with E-state index in [-0.39, 0.29) is 0 Å². The van der Waals surface area contributed by atoms with Crippen LogP contribution in [0, 0.1) is 0 Å². The van der Waals surface area contributed by atoms with Gasteiger partial charge >= 0.3 is 0 Å². The Morgan fingerprint density at radius 1 is 0.700 bits per heavy atom. The third-order valence-corrected chi connectivity index (χ3v) is 8.60. The number of rotatable bonds is 6. The topological polar surface area (TPSA) is 76.1 Å². The molecule has 202 valence electrons. The smallest absolute Gasteiger partial charge is 0.146 e. The zero-order valence-corrected chi connectivity index (χ0v) is 24.1. The number of pyridine rings is 2. The molecule has 1 aliphatic heterocycles. The lowest BCUT2D eigenvalue weighted by Crippen LogP contribution is -2.39. The molecule has 1 saturated heterocycles. The van der Waals surface area contributed by atoms with Crippen molar-refractivity contribution >= 4 is 60.8 Å². The van der Waals surface area contributed by atoms with Crippen molar-refractivity contribution < 1.29 is 4.74 Å². The van der Waals surface area contributed by atoms with Gasteiger partial charge in [-0.1, -0.05) is 94.9 Å². The minimum atomic E-state index is 0.510. The number of fused-ring (bicyclic) bond motifs is 2. The summed E-state index contributed by atoms with van der Waals surface area (Å²) >= 11 is 9.04. The Kier molecular flexibility index (Phi) is 8.56. The van der Waals surface area contributed by atoms with Crippen molar-refractivity contribution in [3.63, 3.8) is 0 Å². The molecule has 0 radical (unpaired) electrons. The molecule has 4 aromatic heterocycles. The van der Waals surface area contributed by atoms with Crippen molar-refractivity contribution in [2.45, 2.75) is 0 Å². The zero-order chi connectivity index (χ0) is 27.1. The fourth-order valence-electron chi connectivity index (χ4n) is 4.29. The summed E-state index contributed by atoms with van der Waals surface area (Å²) < 4.78 is 5.37. The Morgan fingerprint density at radius 2 is 1.27 bits per heavy atom. The Hall–Kier alpha value is -3.47. The van der Waals surface area contributed by atoms with Crippen LogP contribution in [0.5, 0.6) is 0 Å². The summed E-state index contributed by atoms with van der Waals surface area (Å²) in [6, 6.07) is 28.0. The normalized spacial score (nSPS) is 13.7. The van der Waals surface area contributed by atoms with Crippen molar-refractivity contribution in [3.05, 3.63) is 90.1 Å². The largest absolute Gasteiger partial charge is 0.379 e. The molecular formula is C30H27ClN6OS2. The first-order valence-corrected chi connectivity index (χ1v) is 15.1. The van der Waals surface area contributed by atoms with E-state index in [4.69, 9.17) is 21.3 Å². The number of nitrogens with one attached hydrogen (secondary N) is 1. The molecule has 6 aromatic rings. The van der Waals surface area contributed by atoms with Crippen LogP contribution in [0.4, 0.5) is 5.82 Å². The Morgan fingerprint density at radius 3 is 1.90 bits per heavy atom. The van der Waals surface area contributed by atoms with E-state index in [1.165, 1.54) is 0 Å². The molecule has 10 heteroatoms. The van der Waals surface area contributed by atoms with E-state index in [1.807, 2.05) is 66.7 Å². The second-order valence-corrected chi connectivity index (χ2v) is 11.5. The number of ether oxygens (including phenoxy) is 1. The Balaban J connectivity index is 0.000000157. The summed E-state index contributed by atoms with van der Waals surface area (Å²) in [6.45, 7) is 5.62. The summed E-state index contributed by atoms with van der Waals surface area (Å²) in [5.41, 5.74) is 4.11. The minimum absolute atomic E-state index is 0.510. The second kappa shape index (κ2) is 12.8. The van der Waals surface area contributed by atoms with E-state index < -0.39 is 0 Å². The monoisotopic (exact) mass is 586 g/mol. The average Bonchev–Trinajstić information content (AvgIpc) is 3.63. The molecule has 0 atom stereocenters. The van der Waals surface area contributed by atoms with E-state index in [9.17, 15) is 0 Å². The highest BCUT2D eigenvalue weighted by atomic mass is 35.5. The van der Waals surface area contributed by atoms with Crippen LogP contribution in [0.15, 0.2) is 84.9 Å². The molecule has 0 aliphatic carbocycles. The number of halogens is 1. The van der Waals surface area contributed by atoms with Gasteiger partial charge in [0, 0.05) is 37.3 Å². The molecule has 7 rings (SSSR count). The van der Waals surface area contributed by atoms with Crippen LogP contribution >= 0.6 is 34.3 Å². The molecule has 1 aliphatic rings. The number of morpholine rings is 1. The maximum Gasteiger partial charge on any atom is 0.146 e. The SMILES string of the molecule is Clc1ccc2nc(-c3ccccc3)sc2n1.c1ccc(-c2nc3ccc(NCCN4CCOCC4)nc3s2)cc1. The van der Waals surface area contributed by atoms with Gasteiger partial charge in [-0.05, 0) is 24.3 Å². The van der Waals surface area contributed by atoms with Gasteiger partial charge in [0.2, 0.25) is 0 Å². The maximum atomic E-state index is 5.84. The van der Waals surface area contributed by atoms with Crippen molar-refractivity contribution in [1.82, 2.24) is 24.8 Å². The van der Waals surface area contributed by atoms with E-state index in [2.05, 4.69) is 37.3 Å². The summed E-state index contributed by atoms with van der Waals surface area (Å²) in [5.74, 6) is 0.916. The van der Waals surface area contributed by atoms with Crippen LogP contribution in [0.2, 0.25) is 5.15 Å². The molecule has 40 heavy (non-hydrogen) atoms. The van der Waals surface area contributed by atoms with Crippen LogP contribution < -0.4 is 5.32 Å². The highest BCUT2D eigenvalue weighted by Crippen LogP contribution is 2.30. The molecule has 0 unspecified atom stereocenters. The summed E-state index contributed by atoms with van der Waals surface area (Å²) in [5, 5.41) is 5.92. The molecule has 0 spiro atoms. The molecule has 2 aromatic carbocycles. The fraction of sp³-hybridized carbons (Fsp3) is 0.200. The molecule has 5 heterocycles. The van der Waals surface area contributed by atoms with E-state index in [1.54, 1.807) is 28.7 Å².